The van der Waals surface area contributed by atoms with Crippen molar-refractivity contribution >= 4 is 34.8 Å². The van der Waals surface area contributed by atoms with Gasteiger partial charge in [0.25, 0.3) is 0 Å². The Morgan fingerprint density at radius 2 is 1.80 bits per heavy atom. The summed E-state index contributed by atoms with van der Waals surface area (Å²) in [7, 11) is 0. The Morgan fingerprint density at radius 3 is 2.20 bits per heavy atom. The second kappa shape index (κ2) is 5.55. The van der Waals surface area contributed by atoms with Gasteiger partial charge < -0.3 is 0 Å². The van der Waals surface area contributed by atoms with Crippen molar-refractivity contribution in [2.45, 2.75) is 35.9 Å². The zero-order chi connectivity index (χ0) is 11.5. The second-order valence-corrected chi connectivity index (χ2v) is 6.43. The molecule has 1 fully saturated rings. The van der Waals surface area contributed by atoms with E-state index in [9.17, 15) is 10.1 Å². The monoisotopic (exact) mass is 273 g/mol. The molecule has 0 N–H and O–H groups in total. The SMILES string of the molecule is O=[N+]([O-])C[C@@H](C1CCCCC1)C(Cl)(Cl)Cl. The summed E-state index contributed by atoms with van der Waals surface area (Å²) in [4.78, 5) is 10.1. The van der Waals surface area contributed by atoms with Gasteiger partial charge in [-0.3, -0.25) is 10.1 Å². The van der Waals surface area contributed by atoms with E-state index in [0.717, 1.165) is 25.7 Å². The van der Waals surface area contributed by atoms with E-state index in [2.05, 4.69) is 0 Å². The van der Waals surface area contributed by atoms with Crippen LogP contribution in [0, 0.1) is 22.0 Å². The van der Waals surface area contributed by atoms with Gasteiger partial charge in [0.2, 0.25) is 6.54 Å². The van der Waals surface area contributed by atoms with Crippen LogP contribution in [0.3, 0.4) is 0 Å². The summed E-state index contributed by atoms with van der Waals surface area (Å²) in [5.74, 6) is -0.283. The average Bonchev–Trinajstić information content (AvgIpc) is 2.14. The summed E-state index contributed by atoms with van der Waals surface area (Å²) in [5.41, 5.74) is 0. The van der Waals surface area contributed by atoms with Gasteiger partial charge in [0.1, 0.15) is 0 Å². The van der Waals surface area contributed by atoms with Gasteiger partial charge in [-0.25, -0.2) is 0 Å². The van der Waals surface area contributed by atoms with Crippen molar-refractivity contribution in [1.29, 1.82) is 0 Å². The molecule has 0 aromatic rings. The number of halogens is 3. The highest BCUT2D eigenvalue weighted by Crippen LogP contribution is 2.44. The topological polar surface area (TPSA) is 43.1 Å². The van der Waals surface area contributed by atoms with E-state index < -0.39 is 9.71 Å². The Kier molecular flexibility index (Phi) is 4.94. The summed E-state index contributed by atoms with van der Waals surface area (Å²) in [6.07, 6.45) is 5.22. The van der Waals surface area contributed by atoms with E-state index in [4.69, 9.17) is 34.8 Å². The molecule has 0 radical (unpaired) electrons. The molecule has 0 saturated heterocycles. The summed E-state index contributed by atoms with van der Waals surface area (Å²) < 4.78 is -1.52. The smallest absolute Gasteiger partial charge is 0.211 e. The lowest BCUT2D eigenvalue weighted by atomic mass is 9.80. The maximum absolute atomic E-state index is 10.5. The number of hydrogen-bond donors (Lipinski definition) is 0. The maximum Gasteiger partial charge on any atom is 0.211 e. The number of rotatable bonds is 3. The Balaban J connectivity index is 2.66. The van der Waals surface area contributed by atoms with Crippen LogP contribution in [0.4, 0.5) is 0 Å². The Bertz CT molecular complexity index is 224. The molecule has 0 spiro atoms. The first kappa shape index (κ1) is 13.3. The van der Waals surface area contributed by atoms with Crippen molar-refractivity contribution in [3.8, 4) is 0 Å². The van der Waals surface area contributed by atoms with E-state index in [1.165, 1.54) is 6.42 Å². The minimum atomic E-state index is -1.52. The molecule has 0 aliphatic heterocycles. The number of nitro groups is 1. The van der Waals surface area contributed by atoms with E-state index in [1.807, 2.05) is 0 Å². The summed E-state index contributed by atoms with van der Waals surface area (Å²) in [6, 6.07) is 0. The number of nitrogens with zero attached hydrogens (tertiary/aromatic N) is 1. The molecule has 0 aromatic heterocycles. The zero-order valence-electron chi connectivity index (χ0n) is 8.29. The highest BCUT2D eigenvalue weighted by molar-refractivity contribution is 6.67. The van der Waals surface area contributed by atoms with Crippen LogP contribution in [0.1, 0.15) is 32.1 Å². The molecule has 1 rings (SSSR count). The molecule has 0 bridgehead atoms. The highest BCUT2D eigenvalue weighted by atomic mass is 35.6. The molecule has 1 aliphatic carbocycles. The summed E-state index contributed by atoms with van der Waals surface area (Å²) in [6.45, 7) is -0.249. The Morgan fingerprint density at radius 1 is 1.27 bits per heavy atom. The van der Waals surface area contributed by atoms with Gasteiger partial charge in [-0.2, -0.15) is 0 Å². The first-order chi connectivity index (χ1) is 6.91. The lowest BCUT2D eigenvalue weighted by Gasteiger charge is -2.31. The molecule has 0 aromatic carbocycles. The maximum atomic E-state index is 10.5. The largest absolute Gasteiger partial charge is 0.265 e. The van der Waals surface area contributed by atoms with Crippen molar-refractivity contribution in [2.75, 3.05) is 6.54 Å². The van der Waals surface area contributed by atoms with Crippen molar-refractivity contribution in [1.82, 2.24) is 0 Å². The molecule has 88 valence electrons. The normalized spacial score (nSPS) is 21.3. The van der Waals surface area contributed by atoms with Gasteiger partial charge in [-0.1, -0.05) is 54.1 Å². The molecule has 15 heavy (non-hydrogen) atoms. The molecule has 1 atom stereocenters. The quantitative estimate of drug-likeness (QED) is 0.446. The number of alkyl halides is 3. The molecule has 1 aliphatic rings. The Hall–Kier alpha value is 0.270. The fourth-order valence-electron chi connectivity index (χ4n) is 2.22. The van der Waals surface area contributed by atoms with Gasteiger partial charge in [-0.05, 0) is 18.8 Å². The fourth-order valence-corrected chi connectivity index (χ4v) is 2.96. The summed E-state index contributed by atoms with van der Waals surface area (Å²) in [5, 5.41) is 10.5. The van der Waals surface area contributed by atoms with Crippen molar-refractivity contribution in [2.24, 2.45) is 11.8 Å². The number of hydrogen-bond acceptors (Lipinski definition) is 2. The zero-order valence-corrected chi connectivity index (χ0v) is 10.6. The van der Waals surface area contributed by atoms with Gasteiger partial charge in [0.15, 0.2) is 3.79 Å². The molecule has 0 unspecified atom stereocenters. The van der Waals surface area contributed by atoms with Crippen LogP contribution in [0.5, 0.6) is 0 Å². The van der Waals surface area contributed by atoms with Crippen LogP contribution in [0.25, 0.3) is 0 Å². The lowest BCUT2D eigenvalue weighted by molar-refractivity contribution is -0.490. The minimum Gasteiger partial charge on any atom is -0.265 e. The van der Waals surface area contributed by atoms with Crippen LogP contribution in [0.2, 0.25) is 0 Å². The third-order valence-electron chi connectivity index (χ3n) is 2.99. The molecule has 0 heterocycles. The van der Waals surface area contributed by atoms with Gasteiger partial charge in [-0.15, -0.1) is 0 Å². The van der Waals surface area contributed by atoms with E-state index >= 15 is 0 Å². The third-order valence-corrected chi connectivity index (χ3v) is 3.83. The third kappa shape index (κ3) is 4.33. The Labute approximate surface area is 104 Å². The first-order valence-electron chi connectivity index (χ1n) is 5.10. The molecule has 1 saturated carbocycles. The molecule has 6 heteroatoms. The van der Waals surface area contributed by atoms with Crippen molar-refractivity contribution in [3.05, 3.63) is 10.1 Å². The van der Waals surface area contributed by atoms with Gasteiger partial charge >= 0.3 is 0 Å². The first-order valence-corrected chi connectivity index (χ1v) is 6.23. The van der Waals surface area contributed by atoms with Crippen molar-refractivity contribution < 1.29 is 4.92 Å². The lowest BCUT2D eigenvalue weighted by Crippen LogP contribution is -2.35. The predicted molar refractivity (Wildman–Crippen MR) is 62.2 cm³/mol. The van der Waals surface area contributed by atoms with E-state index in [0.29, 0.717) is 0 Å². The second-order valence-electron chi connectivity index (χ2n) is 4.06. The van der Waals surface area contributed by atoms with Crippen LogP contribution in [-0.4, -0.2) is 15.3 Å². The standard InChI is InChI=1S/C9H14Cl3NO2/c10-9(11,12)8(6-13(14)15)7-4-2-1-3-5-7/h7-8H,1-6H2/t8-/m0/s1. The van der Waals surface area contributed by atoms with Crippen molar-refractivity contribution in [3.63, 3.8) is 0 Å². The van der Waals surface area contributed by atoms with Gasteiger partial charge in [0.05, 0.1) is 5.92 Å². The average molecular weight is 275 g/mol. The molecular weight excluding hydrogens is 260 g/mol. The van der Waals surface area contributed by atoms with Crippen LogP contribution >= 0.6 is 34.8 Å². The fraction of sp³-hybridized carbons (Fsp3) is 1.00. The highest BCUT2D eigenvalue weighted by Gasteiger charge is 2.42. The van der Waals surface area contributed by atoms with E-state index in [1.54, 1.807) is 0 Å². The van der Waals surface area contributed by atoms with Gasteiger partial charge in [0, 0.05) is 4.92 Å². The molecular formula is C9H14Cl3NO2. The summed E-state index contributed by atoms with van der Waals surface area (Å²) >= 11 is 17.4. The van der Waals surface area contributed by atoms with Crippen LogP contribution in [0.15, 0.2) is 0 Å². The van der Waals surface area contributed by atoms with E-state index in [-0.39, 0.29) is 17.4 Å². The predicted octanol–water partition coefficient (Wildman–Crippen LogP) is 3.83. The molecule has 3 nitrogen and oxygen atoms in total. The van der Waals surface area contributed by atoms with Crippen LogP contribution in [-0.2, 0) is 0 Å². The minimum absolute atomic E-state index is 0.177. The van der Waals surface area contributed by atoms with Crippen LogP contribution < -0.4 is 0 Å². The molecule has 0 amide bonds.